The third-order valence-corrected chi connectivity index (χ3v) is 5.00. The van der Waals surface area contributed by atoms with E-state index in [9.17, 15) is 18.4 Å². The number of hydrogen-bond donors (Lipinski definition) is 1. The Morgan fingerprint density at radius 1 is 1.26 bits per heavy atom. The minimum Gasteiger partial charge on any atom is -0.481 e. The molecule has 2 fully saturated rings. The van der Waals surface area contributed by atoms with Gasteiger partial charge in [-0.25, -0.2) is 8.78 Å². The predicted octanol–water partition coefficient (Wildman–Crippen LogP) is 2.64. The second kappa shape index (κ2) is 5.91. The van der Waals surface area contributed by atoms with Crippen molar-refractivity contribution < 1.29 is 23.5 Å². The molecule has 1 saturated carbocycles. The molecule has 23 heavy (non-hydrogen) atoms. The number of piperidine rings is 1. The van der Waals surface area contributed by atoms with Gasteiger partial charge in [0.25, 0.3) is 0 Å². The fraction of sp³-hybridized carbons (Fsp3) is 0.529. The molecule has 4 atom stereocenters. The van der Waals surface area contributed by atoms with Crippen LogP contribution in [0.4, 0.5) is 8.78 Å². The molecule has 124 valence electrons. The average Bonchev–Trinajstić information content (AvgIpc) is 3.26. The zero-order chi connectivity index (χ0) is 16.7. The van der Waals surface area contributed by atoms with Gasteiger partial charge in [0, 0.05) is 25.1 Å². The summed E-state index contributed by atoms with van der Waals surface area (Å²) in [4.78, 5) is 25.3. The fourth-order valence-electron chi connectivity index (χ4n) is 3.56. The molecule has 6 heteroatoms. The number of carboxylic acids is 1. The molecule has 0 radical (unpaired) electrons. The lowest BCUT2D eigenvalue weighted by Gasteiger charge is -2.35. The molecule has 1 heterocycles. The van der Waals surface area contributed by atoms with Crippen LogP contribution in [0.5, 0.6) is 0 Å². The highest BCUT2D eigenvalue weighted by atomic mass is 19.1. The van der Waals surface area contributed by atoms with Gasteiger partial charge in [-0.1, -0.05) is 13.0 Å². The highest BCUT2D eigenvalue weighted by Gasteiger charge is 2.48. The second-order valence-electron chi connectivity index (χ2n) is 6.61. The Morgan fingerprint density at radius 2 is 2.00 bits per heavy atom. The quantitative estimate of drug-likeness (QED) is 0.930. The summed E-state index contributed by atoms with van der Waals surface area (Å²) in [5.41, 5.74) is 0.387. The van der Waals surface area contributed by atoms with Crippen LogP contribution in [0.1, 0.15) is 31.2 Å². The van der Waals surface area contributed by atoms with E-state index in [0.29, 0.717) is 31.5 Å². The van der Waals surface area contributed by atoms with Crippen molar-refractivity contribution in [1.29, 1.82) is 0 Å². The van der Waals surface area contributed by atoms with Crippen LogP contribution in [0, 0.1) is 29.4 Å². The van der Waals surface area contributed by atoms with Gasteiger partial charge >= 0.3 is 5.97 Å². The Balaban J connectivity index is 1.64. The first-order valence-corrected chi connectivity index (χ1v) is 7.85. The van der Waals surface area contributed by atoms with Gasteiger partial charge in [-0.05, 0) is 36.3 Å². The van der Waals surface area contributed by atoms with Crippen molar-refractivity contribution in [3.8, 4) is 0 Å². The lowest BCUT2D eigenvalue weighted by molar-refractivity contribution is -0.148. The molecule has 1 aliphatic heterocycles. The van der Waals surface area contributed by atoms with Crippen LogP contribution in [0.3, 0.4) is 0 Å². The van der Waals surface area contributed by atoms with Crippen LogP contribution < -0.4 is 0 Å². The first-order chi connectivity index (χ1) is 10.9. The van der Waals surface area contributed by atoms with Crippen LogP contribution in [0.2, 0.25) is 0 Å². The largest absolute Gasteiger partial charge is 0.481 e. The molecule has 0 spiro atoms. The average molecular weight is 323 g/mol. The minimum atomic E-state index is -0.817. The standard InChI is InChI=1S/C17H19F2NO3/c1-9-8-20(5-4-11(9)17(22)23)16(21)14-7-13(14)12-3-2-10(18)6-15(12)19/h2-3,6,9,11,13-14H,4-5,7-8H2,1H3,(H,22,23). The number of halogens is 2. The van der Waals surface area contributed by atoms with Crippen molar-refractivity contribution in [2.24, 2.45) is 17.8 Å². The summed E-state index contributed by atoms with van der Waals surface area (Å²) >= 11 is 0. The third-order valence-electron chi connectivity index (χ3n) is 5.00. The van der Waals surface area contributed by atoms with E-state index in [0.717, 1.165) is 6.07 Å². The summed E-state index contributed by atoms with van der Waals surface area (Å²) in [7, 11) is 0. The summed E-state index contributed by atoms with van der Waals surface area (Å²) < 4.78 is 26.8. The second-order valence-corrected chi connectivity index (χ2v) is 6.61. The Kier molecular flexibility index (Phi) is 4.08. The molecule has 4 unspecified atom stereocenters. The van der Waals surface area contributed by atoms with Gasteiger partial charge in [-0.15, -0.1) is 0 Å². The summed E-state index contributed by atoms with van der Waals surface area (Å²) in [5.74, 6) is -3.08. The Hall–Kier alpha value is -1.98. The summed E-state index contributed by atoms with van der Waals surface area (Å²) in [6.45, 7) is 2.68. The van der Waals surface area contributed by atoms with E-state index in [2.05, 4.69) is 0 Å². The monoisotopic (exact) mass is 323 g/mol. The lowest BCUT2D eigenvalue weighted by atomic mass is 9.87. The molecule has 3 rings (SSSR count). The van der Waals surface area contributed by atoms with Gasteiger partial charge in [-0.3, -0.25) is 9.59 Å². The van der Waals surface area contributed by atoms with E-state index in [1.807, 2.05) is 6.92 Å². The van der Waals surface area contributed by atoms with Gasteiger partial charge in [0.1, 0.15) is 11.6 Å². The third kappa shape index (κ3) is 3.07. The molecule has 0 aromatic heterocycles. The Labute approximate surface area is 133 Å². The maximum atomic E-state index is 13.8. The lowest BCUT2D eigenvalue weighted by Crippen LogP contribution is -2.45. The van der Waals surface area contributed by atoms with Gasteiger partial charge < -0.3 is 10.0 Å². The summed E-state index contributed by atoms with van der Waals surface area (Å²) in [5, 5.41) is 9.12. The van der Waals surface area contributed by atoms with E-state index in [1.165, 1.54) is 12.1 Å². The molecule has 1 N–H and O–H groups in total. The van der Waals surface area contributed by atoms with E-state index in [4.69, 9.17) is 5.11 Å². The van der Waals surface area contributed by atoms with Gasteiger partial charge in [-0.2, -0.15) is 0 Å². The number of carboxylic acid groups (broad SMARTS) is 1. The van der Waals surface area contributed by atoms with Crippen LogP contribution in [0.15, 0.2) is 18.2 Å². The topological polar surface area (TPSA) is 57.6 Å². The molecule has 2 aliphatic rings. The predicted molar refractivity (Wildman–Crippen MR) is 78.7 cm³/mol. The summed E-state index contributed by atoms with van der Waals surface area (Å²) in [6.07, 6.45) is 1.01. The molecular formula is C17H19F2NO3. The number of carbonyl (C=O) groups excluding carboxylic acids is 1. The number of nitrogens with zero attached hydrogens (tertiary/aromatic N) is 1. The SMILES string of the molecule is CC1CN(C(=O)C2CC2c2ccc(F)cc2F)CCC1C(=O)O. The zero-order valence-corrected chi connectivity index (χ0v) is 12.8. The minimum absolute atomic E-state index is 0.0468. The van der Waals surface area contributed by atoms with Crippen molar-refractivity contribution in [2.45, 2.75) is 25.7 Å². The number of hydrogen-bond acceptors (Lipinski definition) is 2. The zero-order valence-electron chi connectivity index (χ0n) is 12.8. The van der Waals surface area contributed by atoms with Crippen molar-refractivity contribution in [1.82, 2.24) is 4.90 Å². The molecule has 1 aromatic rings. The van der Waals surface area contributed by atoms with Crippen molar-refractivity contribution in [3.05, 3.63) is 35.4 Å². The van der Waals surface area contributed by atoms with E-state index < -0.39 is 23.5 Å². The first kappa shape index (κ1) is 15.9. The highest BCUT2D eigenvalue weighted by molar-refractivity contribution is 5.83. The molecule has 4 nitrogen and oxygen atoms in total. The number of amides is 1. The fourth-order valence-corrected chi connectivity index (χ4v) is 3.56. The first-order valence-electron chi connectivity index (χ1n) is 7.85. The summed E-state index contributed by atoms with van der Waals surface area (Å²) in [6, 6.07) is 3.45. The Bertz CT molecular complexity index is 649. The number of aliphatic carboxylic acids is 1. The number of benzene rings is 1. The van der Waals surface area contributed by atoms with Gasteiger partial charge in [0.2, 0.25) is 5.91 Å². The van der Waals surface area contributed by atoms with Gasteiger partial charge in [0.05, 0.1) is 5.92 Å². The maximum absolute atomic E-state index is 13.8. The molecular weight excluding hydrogens is 304 g/mol. The number of rotatable bonds is 3. The van der Waals surface area contributed by atoms with Crippen LogP contribution in [0.25, 0.3) is 0 Å². The molecule has 1 saturated heterocycles. The van der Waals surface area contributed by atoms with E-state index in [1.54, 1.807) is 4.90 Å². The highest BCUT2D eigenvalue weighted by Crippen LogP contribution is 2.49. The van der Waals surface area contributed by atoms with Gasteiger partial charge in [0.15, 0.2) is 0 Å². The molecule has 1 amide bonds. The van der Waals surface area contributed by atoms with E-state index in [-0.39, 0.29) is 23.7 Å². The van der Waals surface area contributed by atoms with Crippen molar-refractivity contribution in [3.63, 3.8) is 0 Å². The molecule has 1 aliphatic carbocycles. The normalized spacial score (nSPS) is 30.1. The maximum Gasteiger partial charge on any atom is 0.306 e. The molecule has 0 bridgehead atoms. The number of carbonyl (C=O) groups is 2. The molecule has 1 aromatic carbocycles. The number of likely N-dealkylation sites (tertiary alicyclic amines) is 1. The van der Waals surface area contributed by atoms with Crippen LogP contribution in [-0.4, -0.2) is 35.0 Å². The van der Waals surface area contributed by atoms with Crippen LogP contribution >= 0.6 is 0 Å². The smallest absolute Gasteiger partial charge is 0.306 e. The van der Waals surface area contributed by atoms with E-state index >= 15 is 0 Å². The van der Waals surface area contributed by atoms with Crippen molar-refractivity contribution >= 4 is 11.9 Å². The van der Waals surface area contributed by atoms with Crippen molar-refractivity contribution in [2.75, 3.05) is 13.1 Å². The van der Waals surface area contributed by atoms with Crippen LogP contribution in [-0.2, 0) is 9.59 Å². The Morgan fingerprint density at radius 3 is 2.61 bits per heavy atom.